The Kier molecular flexibility index (Phi) is 7.08. The molecular weight excluding hydrogens is 338 g/mol. The number of nitrogens with one attached hydrogen (secondary N) is 2. The van der Waals surface area contributed by atoms with Crippen molar-refractivity contribution in [3.8, 4) is 5.75 Å². The van der Waals surface area contributed by atoms with Gasteiger partial charge in [-0.3, -0.25) is 4.79 Å². The fraction of sp³-hybridized carbons (Fsp3) is 0.455. The lowest BCUT2D eigenvalue weighted by atomic mass is 10.1. The molecule has 1 aromatic heterocycles. The number of pyridine rings is 1. The van der Waals surface area contributed by atoms with Crippen molar-refractivity contribution in [2.45, 2.75) is 51.0 Å². The van der Waals surface area contributed by atoms with E-state index >= 15 is 0 Å². The van der Waals surface area contributed by atoms with E-state index in [1.807, 2.05) is 24.3 Å². The molecule has 0 unspecified atom stereocenters. The van der Waals surface area contributed by atoms with Gasteiger partial charge in [-0.15, -0.1) is 0 Å². The summed E-state index contributed by atoms with van der Waals surface area (Å²) in [5.41, 5.74) is 2.62. The van der Waals surface area contributed by atoms with Crippen molar-refractivity contribution in [3.63, 3.8) is 0 Å². The molecule has 1 aliphatic carbocycles. The second kappa shape index (κ2) is 9.95. The lowest BCUT2D eigenvalue weighted by Gasteiger charge is -2.16. The number of rotatable bonds is 7. The Bertz CT molecular complexity index is 723. The van der Waals surface area contributed by atoms with E-state index in [-0.39, 0.29) is 5.91 Å². The lowest BCUT2D eigenvalue weighted by molar-refractivity contribution is 0.0928. The number of methoxy groups -OCH3 is 1. The van der Waals surface area contributed by atoms with E-state index in [9.17, 15) is 4.79 Å². The van der Waals surface area contributed by atoms with Gasteiger partial charge in [-0.25, -0.2) is 4.98 Å². The van der Waals surface area contributed by atoms with Crippen LogP contribution in [0.25, 0.3) is 0 Å². The molecule has 5 nitrogen and oxygen atoms in total. The molecule has 0 saturated heterocycles. The first-order valence-corrected chi connectivity index (χ1v) is 9.88. The van der Waals surface area contributed by atoms with Crippen molar-refractivity contribution in [2.24, 2.45) is 0 Å². The van der Waals surface area contributed by atoms with Crippen LogP contribution in [-0.2, 0) is 6.42 Å². The zero-order chi connectivity index (χ0) is 18.9. The van der Waals surface area contributed by atoms with E-state index in [0.29, 0.717) is 11.7 Å². The molecule has 0 aliphatic heterocycles. The maximum Gasteiger partial charge on any atom is 0.270 e. The van der Waals surface area contributed by atoms with Crippen LogP contribution < -0.4 is 15.4 Å². The van der Waals surface area contributed by atoms with E-state index in [1.165, 1.54) is 31.2 Å². The van der Waals surface area contributed by atoms with Crippen molar-refractivity contribution >= 4 is 11.6 Å². The number of carbonyl (C=O) groups excluding carboxylic acids is 1. The summed E-state index contributed by atoms with van der Waals surface area (Å²) in [6.07, 6.45) is 9.74. The van der Waals surface area contributed by atoms with Crippen molar-refractivity contribution < 1.29 is 9.53 Å². The minimum Gasteiger partial charge on any atom is -0.497 e. The van der Waals surface area contributed by atoms with Crippen LogP contribution in [0.2, 0.25) is 0 Å². The Hall–Kier alpha value is -2.56. The Labute approximate surface area is 161 Å². The largest absolute Gasteiger partial charge is 0.497 e. The summed E-state index contributed by atoms with van der Waals surface area (Å²) in [5, 5.41) is 6.49. The molecule has 5 heteroatoms. The van der Waals surface area contributed by atoms with Crippen molar-refractivity contribution in [3.05, 3.63) is 53.9 Å². The normalized spacial score (nSPS) is 15.0. The van der Waals surface area contributed by atoms with Gasteiger partial charge in [-0.1, -0.05) is 37.8 Å². The highest BCUT2D eigenvalue weighted by molar-refractivity contribution is 5.92. The van der Waals surface area contributed by atoms with Crippen LogP contribution in [0.3, 0.4) is 0 Å². The summed E-state index contributed by atoms with van der Waals surface area (Å²) in [6, 6.07) is 12.1. The summed E-state index contributed by atoms with van der Waals surface area (Å²) in [5.74, 6) is 0.808. The highest BCUT2D eigenvalue weighted by Gasteiger charge is 2.16. The highest BCUT2D eigenvalue weighted by atomic mass is 16.5. The molecule has 27 heavy (non-hydrogen) atoms. The SMILES string of the molecule is COc1cccc(CCNc2ccc(C(=O)NC3CCCCCC3)nc2)c1. The van der Waals surface area contributed by atoms with Gasteiger partial charge in [0.2, 0.25) is 0 Å². The highest BCUT2D eigenvalue weighted by Crippen LogP contribution is 2.18. The fourth-order valence-corrected chi connectivity index (χ4v) is 3.49. The number of carbonyl (C=O) groups is 1. The van der Waals surface area contributed by atoms with Gasteiger partial charge >= 0.3 is 0 Å². The summed E-state index contributed by atoms with van der Waals surface area (Å²) in [4.78, 5) is 16.7. The molecule has 1 heterocycles. The topological polar surface area (TPSA) is 63.2 Å². The number of hydrogen-bond acceptors (Lipinski definition) is 4. The first kappa shape index (κ1) is 19.2. The van der Waals surface area contributed by atoms with Gasteiger partial charge in [0.15, 0.2) is 0 Å². The molecule has 3 rings (SSSR count). The van der Waals surface area contributed by atoms with Gasteiger partial charge in [0.25, 0.3) is 5.91 Å². The molecule has 1 aromatic carbocycles. The Morgan fingerprint density at radius 1 is 1.15 bits per heavy atom. The first-order valence-electron chi connectivity index (χ1n) is 9.88. The Balaban J connectivity index is 1.47. The summed E-state index contributed by atoms with van der Waals surface area (Å²) >= 11 is 0. The van der Waals surface area contributed by atoms with Gasteiger partial charge in [-0.05, 0) is 49.1 Å². The Morgan fingerprint density at radius 3 is 2.67 bits per heavy atom. The molecule has 144 valence electrons. The average molecular weight is 367 g/mol. The maximum absolute atomic E-state index is 12.4. The number of nitrogens with zero attached hydrogens (tertiary/aromatic N) is 1. The van der Waals surface area contributed by atoms with Crippen LogP contribution in [0.1, 0.15) is 54.6 Å². The number of anilines is 1. The zero-order valence-electron chi connectivity index (χ0n) is 16.0. The van der Waals surface area contributed by atoms with Crippen LogP contribution in [0.15, 0.2) is 42.6 Å². The monoisotopic (exact) mass is 367 g/mol. The van der Waals surface area contributed by atoms with Gasteiger partial charge in [0.1, 0.15) is 11.4 Å². The van der Waals surface area contributed by atoms with Crippen molar-refractivity contribution in [1.29, 1.82) is 0 Å². The van der Waals surface area contributed by atoms with Crippen molar-refractivity contribution in [1.82, 2.24) is 10.3 Å². The lowest BCUT2D eigenvalue weighted by Crippen LogP contribution is -2.34. The third-order valence-corrected chi connectivity index (χ3v) is 5.06. The molecule has 1 saturated carbocycles. The molecule has 1 fully saturated rings. The zero-order valence-corrected chi connectivity index (χ0v) is 16.0. The molecule has 0 atom stereocenters. The second-order valence-corrected chi connectivity index (χ2v) is 7.12. The molecule has 2 aromatic rings. The van der Waals surface area contributed by atoms with Gasteiger partial charge < -0.3 is 15.4 Å². The third-order valence-electron chi connectivity index (χ3n) is 5.06. The predicted octanol–water partition coefficient (Wildman–Crippen LogP) is 4.20. The molecule has 1 amide bonds. The number of ether oxygens (including phenoxy) is 1. The number of hydrogen-bond donors (Lipinski definition) is 2. The number of aromatic nitrogens is 1. The molecule has 2 N–H and O–H groups in total. The summed E-state index contributed by atoms with van der Waals surface area (Å²) in [7, 11) is 1.68. The van der Waals surface area contributed by atoms with E-state index < -0.39 is 0 Å². The Morgan fingerprint density at radius 2 is 1.96 bits per heavy atom. The van der Waals surface area contributed by atoms with E-state index in [0.717, 1.165) is 37.2 Å². The third kappa shape index (κ3) is 5.98. The minimum absolute atomic E-state index is 0.0650. The van der Waals surface area contributed by atoms with Gasteiger partial charge in [0, 0.05) is 12.6 Å². The molecule has 0 radical (unpaired) electrons. The fourth-order valence-electron chi connectivity index (χ4n) is 3.49. The first-order chi connectivity index (χ1) is 13.2. The van der Waals surface area contributed by atoms with Crippen LogP contribution >= 0.6 is 0 Å². The molecule has 0 spiro atoms. The molecule has 1 aliphatic rings. The smallest absolute Gasteiger partial charge is 0.270 e. The number of benzene rings is 1. The molecular formula is C22H29N3O2. The van der Waals surface area contributed by atoms with E-state index in [1.54, 1.807) is 19.4 Å². The van der Waals surface area contributed by atoms with Crippen LogP contribution in [0.5, 0.6) is 5.75 Å². The van der Waals surface area contributed by atoms with Crippen LogP contribution in [0, 0.1) is 0 Å². The second-order valence-electron chi connectivity index (χ2n) is 7.12. The van der Waals surface area contributed by atoms with Crippen LogP contribution in [0.4, 0.5) is 5.69 Å². The predicted molar refractivity (Wildman–Crippen MR) is 108 cm³/mol. The minimum atomic E-state index is -0.0650. The summed E-state index contributed by atoms with van der Waals surface area (Å²) in [6.45, 7) is 0.794. The van der Waals surface area contributed by atoms with E-state index in [2.05, 4.69) is 21.7 Å². The van der Waals surface area contributed by atoms with Crippen LogP contribution in [-0.4, -0.2) is 30.6 Å². The average Bonchev–Trinajstić information content (AvgIpc) is 2.97. The van der Waals surface area contributed by atoms with E-state index in [4.69, 9.17) is 4.74 Å². The standard InChI is InChI=1S/C22H29N3O2/c1-27-20-10-6-7-17(15-20)13-14-23-19-11-12-21(24-16-19)22(26)25-18-8-4-2-3-5-9-18/h6-7,10-12,15-16,18,23H,2-5,8-9,13-14H2,1H3,(H,25,26). The number of amides is 1. The summed E-state index contributed by atoms with van der Waals surface area (Å²) < 4.78 is 5.25. The van der Waals surface area contributed by atoms with Gasteiger partial charge in [-0.2, -0.15) is 0 Å². The maximum atomic E-state index is 12.4. The quantitative estimate of drug-likeness (QED) is 0.720. The molecule has 0 bridgehead atoms. The van der Waals surface area contributed by atoms with Gasteiger partial charge in [0.05, 0.1) is 19.0 Å². The van der Waals surface area contributed by atoms with Crippen molar-refractivity contribution in [2.75, 3.05) is 19.0 Å².